The van der Waals surface area contributed by atoms with E-state index in [1.807, 2.05) is 0 Å². The lowest BCUT2D eigenvalue weighted by molar-refractivity contribution is -0.135. The Morgan fingerprint density at radius 1 is 1.24 bits per heavy atom. The molecule has 0 aromatic heterocycles. The smallest absolute Gasteiger partial charge is 0.241 e. The van der Waals surface area contributed by atoms with Crippen molar-refractivity contribution in [3.63, 3.8) is 0 Å². The number of rotatable bonds is 6. The van der Waals surface area contributed by atoms with Crippen LogP contribution in [0.15, 0.2) is 24.3 Å². The fraction of sp³-hybridized carbons (Fsp3) is 0.385. The first-order valence-electron chi connectivity index (χ1n) is 6.21. The average Bonchev–Trinajstić information content (AvgIpc) is 2.37. The Kier molecular flexibility index (Phi) is 5.31. The summed E-state index contributed by atoms with van der Waals surface area (Å²) < 4.78 is 23.0. The Labute approximate surface area is 123 Å². The third-order valence-electron chi connectivity index (χ3n) is 3.00. The maximum atomic E-state index is 12.2. The van der Waals surface area contributed by atoms with Gasteiger partial charge in [0, 0.05) is 18.5 Å². The number of benzene rings is 1. The summed E-state index contributed by atoms with van der Waals surface area (Å²) in [6.45, 7) is 1.03. The summed E-state index contributed by atoms with van der Waals surface area (Å²) in [5.74, 6) is -1.37. The quantitative estimate of drug-likeness (QED) is 0.686. The normalized spacial score (nSPS) is 12.7. The van der Waals surface area contributed by atoms with E-state index in [4.69, 9.17) is 11.5 Å². The van der Waals surface area contributed by atoms with Crippen molar-refractivity contribution in [3.05, 3.63) is 29.8 Å². The molecule has 0 aliphatic rings. The molecule has 0 aliphatic heterocycles. The largest absolute Gasteiger partial charge is 0.399 e. The monoisotopic (exact) mass is 313 g/mol. The number of nitrogens with zero attached hydrogens (tertiary/aromatic N) is 1. The summed E-state index contributed by atoms with van der Waals surface area (Å²) in [7, 11) is -3.55. The molecule has 0 spiro atoms. The van der Waals surface area contributed by atoms with Gasteiger partial charge in [0.2, 0.25) is 11.8 Å². The molecule has 1 atom stereocenters. The Morgan fingerprint density at radius 3 is 2.19 bits per heavy atom. The highest BCUT2D eigenvalue weighted by Crippen LogP contribution is 2.11. The summed E-state index contributed by atoms with van der Waals surface area (Å²) in [4.78, 5) is 24.4. The zero-order chi connectivity index (χ0) is 16.2. The molecule has 1 rings (SSSR count). The second-order valence-electron chi connectivity index (χ2n) is 4.87. The molecule has 0 bridgehead atoms. The topological polar surface area (TPSA) is 124 Å². The van der Waals surface area contributed by atoms with Crippen molar-refractivity contribution in [2.24, 2.45) is 5.73 Å². The number of primary amides is 1. The summed E-state index contributed by atoms with van der Waals surface area (Å²) in [5.41, 5.74) is 12.0. The first-order valence-corrected chi connectivity index (χ1v) is 8.17. The molecule has 1 aromatic carbocycles. The summed E-state index contributed by atoms with van der Waals surface area (Å²) in [6, 6.07) is 6.70. The molecular weight excluding hydrogens is 294 g/mol. The van der Waals surface area contributed by atoms with E-state index in [0.29, 0.717) is 5.69 Å². The molecule has 4 N–H and O–H groups in total. The molecule has 0 radical (unpaired) electrons. The van der Waals surface area contributed by atoms with Gasteiger partial charge in [-0.3, -0.25) is 9.59 Å². The molecule has 1 aromatic rings. The van der Waals surface area contributed by atoms with Gasteiger partial charge in [-0.1, -0.05) is 12.1 Å². The van der Waals surface area contributed by atoms with Crippen LogP contribution >= 0.6 is 0 Å². The number of nitrogens with two attached hydrogens (primary N) is 2. The second kappa shape index (κ2) is 6.57. The van der Waals surface area contributed by atoms with E-state index in [1.54, 1.807) is 24.3 Å². The van der Waals surface area contributed by atoms with Gasteiger partial charge in [-0.25, -0.2) is 8.42 Å². The van der Waals surface area contributed by atoms with Gasteiger partial charge in [-0.2, -0.15) is 0 Å². The van der Waals surface area contributed by atoms with Crippen molar-refractivity contribution >= 4 is 27.3 Å². The molecule has 21 heavy (non-hydrogen) atoms. The van der Waals surface area contributed by atoms with E-state index in [1.165, 1.54) is 6.92 Å². The number of anilines is 1. The van der Waals surface area contributed by atoms with E-state index >= 15 is 0 Å². The molecule has 0 fully saturated rings. The van der Waals surface area contributed by atoms with Crippen LogP contribution in [0.4, 0.5) is 5.69 Å². The predicted molar refractivity (Wildman–Crippen MR) is 79.8 cm³/mol. The summed E-state index contributed by atoms with van der Waals surface area (Å²) >= 11 is 0. The third kappa shape index (κ3) is 5.07. The van der Waals surface area contributed by atoms with Crippen molar-refractivity contribution in [1.82, 2.24) is 4.90 Å². The first kappa shape index (κ1) is 17.0. The standard InChI is InChI=1S/C13H19N3O4S/c1-9(21(2,19)20)13(18)16(8-12(15)17)7-10-3-5-11(14)6-4-10/h3-6,9H,7-8,14H2,1-2H3,(H2,15,17). The number of amides is 2. The van der Waals surface area contributed by atoms with Crippen LogP contribution in [0.5, 0.6) is 0 Å². The van der Waals surface area contributed by atoms with Crippen LogP contribution in [-0.4, -0.2) is 43.2 Å². The molecule has 8 heteroatoms. The second-order valence-corrected chi connectivity index (χ2v) is 7.24. The zero-order valence-corrected chi connectivity index (χ0v) is 12.8. The Bertz CT molecular complexity index is 625. The maximum absolute atomic E-state index is 12.2. The first-order chi connectivity index (χ1) is 9.61. The van der Waals surface area contributed by atoms with Crippen molar-refractivity contribution in [2.75, 3.05) is 18.5 Å². The Hall–Kier alpha value is -2.09. The van der Waals surface area contributed by atoms with Crippen molar-refractivity contribution in [2.45, 2.75) is 18.7 Å². The van der Waals surface area contributed by atoms with Crippen LogP contribution in [0.1, 0.15) is 12.5 Å². The molecule has 0 heterocycles. The van der Waals surface area contributed by atoms with Gasteiger partial charge < -0.3 is 16.4 Å². The molecule has 0 saturated heterocycles. The lowest BCUT2D eigenvalue weighted by atomic mass is 10.2. The van der Waals surface area contributed by atoms with E-state index in [2.05, 4.69) is 0 Å². The van der Waals surface area contributed by atoms with Gasteiger partial charge in [0.05, 0.1) is 6.54 Å². The lowest BCUT2D eigenvalue weighted by Crippen LogP contribution is -2.44. The zero-order valence-electron chi connectivity index (χ0n) is 11.9. The van der Waals surface area contributed by atoms with E-state index in [0.717, 1.165) is 16.7 Å². The summed E-state index contributed by atoms with van der Waals surface area (Å²) in [5, 5.41) is -1.23. The minimum Gasteiger partial charge on any atom is -0.399 e. The van der Waals surface area contributed by atoms with Gasteiger partial charge in [0.15, 0.2) is 9.84 Å². The number of carbonyl (C=O) groups excluding carboxylic acids is 2. The van der Waals surface area contributed by atoms with Gasteiger partial charge >= 0.3 is 0 Å². The van der Waals surface area contributed by atoms with Crippen molar-refractivity contribution in [3.8, 4) is 0 Å². The molecule has 1 unspecified atom stereocenters. The molecule has 2 amide bonds. The van der Waals surface area contributed by atoms with E-state index < -0.39 is 26.9 Å². The van der Waals surface area contributed by atoms with Gasteiger partial charge in [-0.15, -0.1) is 0 Å². The molecule has 116 valence electrons. The van der Waals surface area contributed by atoms with Gasteiger partial charge in [0.25, 0.3) is 0 Å². The molecular formula is C13H19N3O4S. The fourth-order valence-electron chi connectivity index (χ4n) is 1.68. The highest BCUT2D eigenvalue weighted by Gasteiger charge is 2.29. The SMILES string of the molecule is CC(C(=O)N(CC(N)=O)Cc1ccc(N)cc1)S(C)(=O)=O. The minimum absolute atomic E-state index is 0.0852. The Morgan fingerprint density at radius 2 is 1.76 bits per heavy atom. The van der Waals surface area contributed by atoms with Crippen molar-refractivity contribution < 1.29 is 18.0 Å². The third-order valence-corrected chi connectivity index (χ3v) is 4.49. The van der Waals surface area contributed by atoms with Crippen LogP contribution < -0.4 is 11.5 Å². The maximum Gasteiger partial charge on any atom is 0.241 e. The lowest BCUT2D eigenvalue weighted by Gasteiger charge is -2.24. The van der Waals surface area contributed by atoms with Crippen LogP contribution in [0, 0.1) is 0 Å². The number of carbonyl (C=O) groups is 2. The minimum atomic E-state index is -3.55. The van der Waals surface area contributed by atoms with Crippen LogP contribution in [0.2, 0.25) is 0 Å². The van der Waals surface area contributed by atoms with Crippen LogP contribution in [0.3, 0.4) is 0 Å². The van der Waals surface area contributed by atoms with Gasteiger partial charge in [-0.05, 0) is 24.6 Å². The number of nitrogen functional groups attached to an aromatic ring is 1. The van der Waals surface area contributed by atoms with E-state index in [9.17, 15) is 18.0 Å². The molecule has 7 nitrogen and oxygen atoms in total. The highest BCUT2D eigenvalue weighted by molar-refractivity contribution is 7.92. The number of hydrogen-bond acceptors (Lipinski definition) is 5. The van der Waals surface area contributed by atoms with E-state index in [-0.39, 0.29) is 13.1 Å². The molecule has 0 saturated carbocycles. The average molecular weight is 313 g/mol. The van der Waals surface area contributed by atoms with Crippen LogP contribution in [-0.2, 0) is 26.0 Å². The Balaban J connectivity index is 2.97. The highest BCUT2D eigenvalue weighted by atomic mass is 32.2. The van der Waals surface area contributed by atoms with Crippen molar-refractivity contribution in [1.29, 1.82) is 0 Å². The van der Waals surface area contributed by atoms with Gasteiger partial charge in [0.1, 0.15) is 5.25 Å². The fourth-order valence-corrected chi connectivity index (χ4v) is 2.20. The van der Waals surface area contributed by atoms with Crippen LogP contribution in [0.25, 0.3) is 0 Å². The summed E-state index contributed by atoms with van der Waals surface area (Å²) in [6.07, 6.45) is 0.973. The molecule has 0 aliphatic carbocycles. The number of hydrogen-bond donors (Lipinski definition) is 2. The number of sulfone groups is 1. The predicted octanol–water partition coefficient (Wildman–Crippen LogP) is -0.484.